The number of hydrogen-bond donors (Lipinski definition) is 1. The first kappa shape index (κ1) is 12.0. The second-order valence-corrected chi connectivity index (χ2v) is 4.18. The van der Waals surface area contributed by atoms with Crippen molar-refractivity contribution < 1.29 is 9.47 Å². The molecule has 0 saturated heterocycles. The van der Waals surface area contributed by atoms with Crippen molar-refractivity contribution in [2.75, 3.05) is 27.4 Å². The van der Waals surface area contributed by atoms with Gasteiger partial charge in [0.05, 0.1) is 12.2 Å². The largest absolute Gasteiger partial charge is 0.383 e. The highest BCUT2D eigenvalue weighted by Crippen LogP contribution is 2.34. The lowest BCUT2D eigenvalue weighted by molar-refractivity contribution is -0.0719. The molecule has 0 aromatic carbocycles. The van der Waals surface area contributed by atoms with Gasteiger partial charge in [-0.1, -0.05) is 6.92 Å². The predicted octanol–water partition coefficient (Wildman–Crippen LogP) is 1.57. The SMILES string of the molecule is CCC(COC)NCC1(OC)CCC1. The number of hydrogen-bond acceptors (Lipinski definition) is 3. The summed E-state index contributed by atoms with van der Waals surface area (Å²) in [5.41, 5.74) is 0.126. The third-order valence-corrected chi connectivity index (χ3v) is 3.27. The van der Waals surface area contributed by atoms with Gasteiger partial charge in [-0.05, 0) is 25.7 Å². The number of nitrogens with one attached hydrogen (secondary N) is 1. The van der Waals surface area contributed by atoms with E-state index < -0.39 is 0 Å². The molecule has 1 N–H and O–H groups in total. The standard InChI is InChI=1S/C11H23NO2/c1-4-10(8-13-2)12-9-11(14-3)6-5-7-11/h10,12H,4-9H2,1-3H3. The van der Waals surface area contributed by atoms with Gasteiger partial charge in [0, 0.05) is 26.8 Å². The molecule has 84 valence electrons. The molecule has 3 nitrogen and oxygen atoms in total. The van der Waals surface area contributed by atoms with E-state index in [1.165, 1.54) is 19.3 Å². The summed E-state index contributed by atoms with van der Waals surface area (Å²) in [6, 6.07) is 0.465. The molecule has 0 amide bonds. The summed E-state index contributed by atoms with van der Waals surface area (Å²) in [6.07, 6.45) is 4.80. The first-order chi connectivity index (χ1) is 6.76. The van der Waals surface area contributed by atoms with Crippen LogP contribution in [-0.2, 0) is 9.47 Å². The second-order valence-electron chi connectivity index (χ2n) is 4.18. The molecule has 0 bridgehead atoms. The molecular weight excluding hydrogens is 178 g/mol. The van der Waals surface area contributed by atoms with Crippen molar-refractivity contribution in [1.82, 2.24) is 5.32 Å². The lowest BCUT2D eigenvalue weighted by Crippen LogP contribution is -2.51. The van der Waals surface area contributed by atoms with E-state index in [1.807, 2.05) is 7.11 Å². The highest BCUT2D eigenvalue weighted by molar-refractivity contribution is 4.92. The summed E-state index contributed by atoms with van der Waals surface area (Å²) in [7, 11) is 3.57. The highest BCUT2D eigenvalue weighted by atomic mass is 16.5. The second kappa shape index (κ2) is 5.69. The zero-order chi connectivity index (χ0) is 10.4. The Balaban J connectivity index is 2.22. The van der Waals surface area contributed by atoms with E-state index in [-0.39, 0.29) is 5.60 Å². The molecule has 1 rings (SSSR count). The van der Waals surface area contributed by atoms with Crippen LogP contribution in [0.3, 0.4) is 0 Å². The van der Waals surface area contributed by atoms with E-state index in [1.54, 1.807) is 7.11 Å². The monoisotopic (exact) mass is 201 g/mol. The number of methoxy groups -OCH3 is 2. The van der Waals surface area contributed by atoms with Gasteiger partial charge in [-0.3, -0.25) is 0 Å². The Morgan fingerprint density at radius 1 is 1.36 bits per heavy atom. The zero-order valence-electron chi connectivity index (χ0n) is 9.64. The summed E-state index contributed by atoms with van der Waals surface area (Å²) < 4.78 is 10.7. The third-order valence-electron chi connectivity index (χ3n) is 3.27. The number of ether oxygens (including phenoxy) is 2. The van der Waals surface area contributed by atoms with Crippen LogP contribution in [0.25, 0.3) is 0 Å². The molecule has 0 spiro atoms. The summed E-state index contributed by atoms with van der Waals surface area (Å²) in [5, 5.41) is 3.51. The lowest BCUT2D eigenvalue weighted by atomic mass is 9.80. The van der Waals surface area contributed by atoms with E-state index in [0.717, 1.165) is 19.6 Å². The number of rotatable bonds is 7. The van der Waals surface area contributed by atoms with Crippen molar-refractivity contribution in [2.45, 2.75) is 44.2 Å². The molecule has 0 aromatic rings. The maximum Gasteiger partial charge on any atom is 0.0802 e. The van der Waals surface area contributed by atoms with Gasteiger partial charge in [-0.15, -0.1) is 0 Å². The maximum atomic E-state index is 5.54. The van der Waals surface area contributed by atoms with Gasteiger partial charge in [0.15, 0.2) is 0 Å². The van der Waals surface area contributed by atoms with Crippen LogP contribution in [0.1, 0.15) is 32.6 Å². The molecule has 1 saturated carbocycles. The molecule has 0 aliphatic heterocycles. The highest BCUT2D eigenvalue weighted by Gasteiger charge is 2.36. The van der Waals surface area contributed by atoms with Crippen LogP contribution in [0.4, 0.5) is 0 Å². The normalized spacial score (nSPS) is 21.6. The zero-order valence-corrected chi connectivity index (χ0v) is 9.64. The van der Waals surface area contributed by atoms with Crippen LogP contribution in [0.15, 0.2) is 0 Å². The minimum absolute atomic E-state index is 0.126. The Morgan fingerprint density at radius 3 is 2.43 bits per heavy atom. The van der Waals surface area contributed by atoms with E-state index in [9.17, 15) is 0 Å². The van der Waals surface area contributed by atoms with Gasteiger partial charge in [0.25, 0.3) is 0 Å². The minimum atomic E-state index is 0.126. The van der Waals surface area contributed by atoms with Crippen LogP contribution in [-0.4, -0.2) is 39.0 Å². The Labute approximate surface area is 87.2 Å². The smallest absolute Gasteiger partial charge is 0.0802 e. The fraction of sp³-hybridized carbons (Fsp3) is 1.00. The average Bonchev–Trinajstić information content (AvgIpc) is 2.15. The van der Waals surface area contributed by atoms with Crippen LogP contribution in [0.2, 0.25) is 0 Å². The van der Waals surface area contributed by atoms with Crippen LogP contribution in [0, 0.1) is 0 Å². The van der Waals surface area contributed by atoms with Gasteiger partial charge in [-0.25, -0.2) is 0 Å². The fourth-order valence-electron chi connectivity index (χ4n) is 1.88. The van der Waals surface area contributed by atoms with Crippen LogP contribution < -0.4 is 5.32 Å². The molecule has 1 atom stereocenters. The molecular formula is C11H23NO2. The summed E-state index contributed by atoms with van der Waals surface area (Å²) in [4.78, 5) is 0. The van der Waals surface area contributed by atoms with Crippen LogP contribution in [0.5, 0.6) is 0 Å². The Kier molecular flexibility index (Phi) is 4.85. The Morgan fingerprint density at radius 2 is 2.07 bits per heavy atom. The van der Waals surface area contributed by atoms with E-state index in [4.69, 9.17) is 9.47 Å². The van der Waals surface area contributed by atoms with Crippen molar-refractivity contribution in [1.29, 1.82) is 0 Å². The van der Waals surface area contributed by atoms with Crippen molar-refractivity contribution in [2.24, 2.45) is 0 Å². The molecule has 3 heteroatoms. The van der Waals surface area contributed by atoms with Gasteiger partial charge >= 0.3 is 0 Å². The quantitative estimate of drug-likeness (QED) is 0.678. The maximum absolute atomic E-state index is 5.54. The summed E-state index contributed by atoms with van der Waals surface area (Å²) in [6.45, 7) is 3.93. The Bertz CT molecular complexity index is 152. The molecule has 1 fully saturated rings. The molecule has 0 heterocycles. The average molecular weight is 201 g/mol. The van der Waals surface area contributed by atoms with Crippen molar-refractivity contribution >= 4 is 0 Å². The van der Waals surface area contributed by atoms with Crippen molar-refractivity contribution in [3.05, 3.63) is 0 Å². The lowest BCUT2D eigenvalue weighted by Gasteiger charge is -2.41. The molecule has 1 aliphatic rings. The third kappa shape index (κ3) is 2.94. The molecule has 1 unspecified atom stereocenters. The summed E-state index contributed by atoms with van der Waals surface area (Å²) >= 11 is 0. The van der Waals surface area contributed by atoms with Crippen molar-refractivity contribution in [3.63, 3.8) is 0 Å². The van der Waals surface area contributed by atoms with Crippen molar-refractivity contribution in [3.8, 4) is 0 Å². The molecule has 0 radical (unpaired) electrons. The first-order valence-electron chi connectivity index (χ1n) is 5.54. The van der Waals surface area contributed by atoms with E-state index >= 15 is 0 Å². The van der Waals surface area contributed by atoms with Gasteiger partial charge in [0.2, 0.25) is 0 Å². The topological polar surface area (TPSA) is 30.5 Å². The van der Waals surface area contributed by atoms with Gasteiger partial charge < -0.3 is 14.8 Å². The van der Waals surface area contributed by atoms with E-state index in [0.29, 0.717) is 6.04 Å². The first-order valence-corrected chi connectivity index (χ1v) is 5.54. The molecule has 0 aromatic heterocycles. The Hall–Kier alpha value is -0.120. The van der Waals surface area contributed by atoms with E-state index in [2.05, 4.69) is 12.2 Å². The predicted molar refractivity (Wildman–Crippen MR) is 57.5 cm³/mol. The minimum Gasteiger partial charge on any atom is -0.383 e. The van der Waals surface area contributed by atoms with Crippen LogP contribution >= 0.6 is 0 Å². The molecule has 14 heavy (non-hydrogen) atoms. The van der Waals surface area contributed by atoms with Gasteiger partial charge in [0.1, 0.15) is 0 Å². The molecule has 1 aliphatic carbocycles. The van der Waals surface area contributed by atoms with Gasteiger partial charge in [-0.2, -0.15) is 0 Å². The summed E-state index contributed by atoms with van der Waals surface area (Å²) in [5.74, 6) is 0. The fourth-order valence-corrected chi connectivity index (χ4v) is 1.88.